The Bertz CT molecular complexity index is 3420. The van der Waals surface area contributed by atoms with Gasteiger partial charge in [0.1, 0.15) is 0 Å². The summed E-state index contributed by atoms with van der Waals surface area (Å²) in [7, 11) is 0. The maximum atomic E-state index is 2.53. The van der Waals surface area contributed by atoms with Crippen LogP contribution in [0.2, 0.25) is 0 Å². The summed E-state index contributed by atoms with van der Waals surface area (Å²) in [6, 6.07) is 85.1. The summed E-state index contributed by atoms with van der Waals surface area (Å²) in [5.74, 6) is 0. The average molecular weight is 775 g/mol. The summed E-state index contributed by atoms with van der Waals surface area (Å²) < 4.78 is 2.53. The number of fused-ring (bicyclic) bond motifs is 7. The van der Waals surface area contributed by atoms with Gasteiger partial charge >= 0.3 is 0 Å². The molecule has 2 aliphatic rings. The van der Waals surface area contributed by atoms with E-state index in [1.165, 1.54) is 88.2 Å². The molecule has 284 valence electrons. The number of aromatic nitrogens is 1. The third kappa shape index (κ3) is 4.73. The third-order valence-electron chi connectivity index (χ3n) is 13.4. The highest BCUT2D eigenvalue weighted by Gasteiger charge is 2.50. The van der Waals surface area contributed by atoms with Crippen molar-refractivity contribution >= 4 is 49.6 Å². The van der Waals surface area contributed by atoms with E-state index >= 15 is 0 Å². The summed E-state index contributed by atoms with van der Waals surface area (Å²) in [4.78, 5) is 2.33. The minimum atomic E-state index is -0.488. The molecule has 11 aromatic rings. The summed E-state index contributed by atoms with van der Waals surface area (Å²) in [5, 5.41) is 5.27. The Labute approximate surface area is 354 Å². The minimum absolute atomic E-state index is 0.488. The molecular formula is C59H38N2. The molecule has 0 radical (unpaired) electrons. The molecule has 0 amide bonds. The zero-order chi connectivity index (χ0) is 40.1. The van der Waals surface area contributed by atoms with E-state index in [0.29, 0.717) is 0 Å². The van der Waals surface area contributed by atoms with Gasteiger partial charge in [-0.1, -0.05) is 170 Å². The molecule has 2 heteroatoms. The maximum absolute atomic E-state index is 2.53. The highest BCUT2D eigenvalue weighted by Crippen LogP contribution is 2.62. The maximum Gasteiger partial charge on any atom is 0.0726 e. The Kier molecular flexibility index (Phi) is 7.26. The molecule has 0 unspecified atom stereocenters. The number of nitrogens with zero attached hydrogens (tertiary/aromatic N) is 2. The van der Waals surface area contributed by atoms with Gasteiger partial charge in [0.2, 0.25) is 0 Å². The first kappa shape index (κ1) is 34.0. The number of para-hydroxylation sites is 2. The van der Waals surface area contributed by atoms with Gasteiger partial charge in [-0.25, -0.2) is 0 Å². The predicted molar refractivity (Wildman–Crippen MR) is 255 cm³/mol. The monoisotopic (exact) mass is 774 g/mol. The molecule has 1 heterocycles. The molecule has 0 saturated carbocycles. The largest absolute Gasteiger partial charge is 0.311 e. The first-order chi connectivity index (χ1) is 30.3. The van der Waals surface area contributed by atoms with E-state index < -0.39 is 5.41 Å². The van der Waals surface area contributed by atoms with E-state index in [1.54, 1.807) is 0 Å². The minimum Gasteiger partial charge on any atom is -0.311 e. The predicted octanol–water partition coefficient (Wildman–Crippen LogP) is 15.4. The van der Waals surface area contributed by atoms with Crippen molar-refractivity contribution in [2.75, 3.05) is 4.90 Å². The Balaban J connectivity index is 1.13. The Morgan fingerprint density at radius 1 is 0.311 bits per heavy atom. The molecule has 1 spiro atoms. The van der Waals surface area contributed by atoms with E-state index in [4.69, 9.17) is 0 Å². The summed E-state index contributed by atoms with van der Waals surface area (Å²) in [6.07, 6.45) is 0. The van der Waals surface area contributed by atoms with Crippen LogP contribution in [-0.4, -0.2) is 4.57 Å². The second-order valence-corrected chi connectivity index (χ2v) is 16.4. The normalized spacial score (nSPS) is 13.0. The second-order valence-electron chi connectivity index (χ2n) is 16.4. The standard InChI is InChI=1S/C59H38N2/c1-4-17-39(18-5-1)41-19-14-24-45(37-41)61-54-32-16-31-53-57(54)58-55(61)38-49(40-33-35-44(36-34-40)60(42-20-6-2-7-21-42)43-22-8-3-9-23-43)48-27-15-30-52(56(48)58)59(53)50-28-12-10-25-46(50)47-26-11-13-29-51(47)59/h1-38H. The van der Waals surface area contributed by atoms with Gasteiger partial charge in [0, 0.05) is 33.5 Å². The van der Waals surface area contributed by atoms with Gasteiger partial charge in [0.15, 0.2) is 0 Å². The molecule has 2 aliphatic carbocycles. The van der Waals surface area contributed by atoms with Gasteiger partial charge in [0.25, 0.3) is 0 Å². The smallest absolute Gasteiger partial charge is 0.0726 e. The number of hydrogen-bond donors (Lipinski definition) is 0. The topological polar surface area (TPSA) is 8.17 Å². The molecule has 13 rings (SSSR count). The SMILES string of the molecule is c1ccc(-c2cccc(-n3c4cccc5c4c4c6c(cccc6c(-c6ccc(N(c7ccccc7)c7ccccc7)cc6)cc43)C53c4ccccc4-c4ccccc43)c2)cc1. The third-order valence-corrected chi connectivity index (χ3v) is 13.4. The highest BCUT2D eigenvalue weighted by molar-refractivity contribution is 6.29. The Morgan fingerprint density at radius 2 is 0.836 bits per heavy atom. The fourth-order valence-corrected chi connectivity index (χ4v) is 11.0. The molecule has 1 aromatic heterocycles. The number of benzene rings is 10. The van der Waals surface area contributed by atoms with Crippen LogP contribution in [0.3, 0.4) is 0 Å². The molecule has 0 atom stereocenters. The first-order valence-electron chi connectivity index (χ1n) is 21.2. The average Bonchev–Trinajstić information content (AvgIpc) is 3.83. The van der Waals surface area contributed by atoms with E-state index in [-0.39, 0.29) is 0 Å². The lowest BCUT2D eigenvalue weighted by atomic mass is 9.63. The molecule has 0 N–H and O–H groups in total. The Hall–Kier alpha value is -7.94. The summed E-state index contributed by atoms with van der Waals surface area (Å²) >= 11 is 0. The lowest BCUT2D eigenvalue weighted by Crippen LogP contribution is -2.30. The van der Waals surface area contributed by atoms with E-state index in [9.17, 15) is 0 Å². The van der Waals surface area contributed by atoms with Gasteiger partial charge in [0.05, 0.1) is 16.4 Å². The van der Waals surface area contributed by atoms with Crippen LogP contribution in [0.25, 0.3) is 71.6 Å². The van der Waals surface area contributed by atoms with Crippen LogP contribution in [0.15, 0.2) is 231 Å². The van der Waals surface area contributed by atoms with Crippen LogP contribution < -0.4 is 4.90 Å². The molecule has 10 aromatic carbocycles. The van der Waals surface area contributed by atoms with Gasteiger partial charge in [-0.3, -0.25) is 0 Å². The lowest BCUT2D eigenvalue weighted by Gasteiger charge is -2.38. The molecule has 2 nitrogen and oxygen atoms in total. The summed E-state index contributed by atoms with van der Waals surface area (Å²) in [6.45, 7) is 0. The van der Waals surface area contributed by atoms with Crippen molar-refractivity contribution in [3.63, 3.8) is 0 Å². The number of anilines is 3. The van der Waals surface area contributed by atoms with Crippen LogP contribution in [0.1, 0.15) is 22.3 Å². The van der Waals surface area contributed by atoms with Gasteiger partial charge in [-0.15, -0.1) is 0 Å². The zero-order valence-corrected chi connectivity index (χ0v) is 33.3. The first-order valence-corrected chi connectivity index (χ1v) is 21.2. The van der Waals surface area contributed by atoms with Crippen molar-refractivity contribution in [3.05, 3.63) is 253 Å². The molecule has 0 fully saturated rings. The van der Waals surface area contributed by atoms with Crippen LogP contribution in [0.4, 0.5) is 17.1 Å². The van der Waals surface area contributed by atoms with Crippen molar-refractivity contribution < 1.29 is 0 Å². The molecular weight excluding hydrogens is 737 g/mol. The van der Waals surface area contributed by atoms with Gasteiger partial charge in [-0.2, -0.15) is 0 Å². The van der Waals surface area contributed by atoms with Crippen molar-refractivity contribution in [3.8, 4) is 39.1 Å². The lowest BCUT2D eigenvalue weighted by molar-refractivity contribution is 0.783. The van der Waals surface area contributed by atoms with E-state index in [2.05, 4.69) is 240 Å². The molecule has 0 bridgehead atoms. The van der Waals surface area contributed by atoms with Crippen molar-refractivity contribution in [2.24, 2.45) is 0 Å². The number of rotatable bonds is 6. The number of hydrogen-bond acceptors (Lipinski definition) is 1. The van der Waals surface area contributed by atoms with Gasteiger partial charge < -0.3 is 9.47 Å². The summed E-state index contributed by atoms with van der Waals surface area (Å²) in [5.41, 5.74) is 19.3. The van der Waals surface area contributed by atoms with E-state index in [1.807, 2.05) is 0 Å². The Morgan fingerprint density at radius 3 is 1.51 bits per heavy atom. The van der Waals surface area contributed by atoms with Crippen LogP contribution in [0.5, 0.6) is 0 Å². The van der Waals surface area contributed by atoms with Crippen molar-refractivity contribution in [1.29, 1.82) is 0 Å². The highest BCUT2D eigenvalue weighted by atomic mass is 15.1. The van der Waals surface area contributed by atoms with Crippen LogP contribution >= 0.6 is 0 Å². The van der Waals surface area contributed by atoms with Gasteiger partial charge in [-0.05, 0) is 127 Å². The van der Waals surface area contributed by atoms with E-state index in [0.717, 1.165) is 22.7 Å². The van der Waals surface area contributed by atoms with Crippen LogP contribution in [0, 0.1) is 0 Å². The quantitative estimate of drug-likeness (QED) is 0.163. The second kappa shape index (κ2) is 13.0. The van der Waals surface area contributed by atoms with Crippen molar-refractivity contribution in [1.82, 2.24) is 4.57 Å². The molecule has 61 heavy (non-hydrogen) atoms. The molecule has 0 saturated heterocycles. The molecule has 0 aliphatic heterocycles. The fourth-order valence-electron chi connectivity index (χ4n) is 11.0. The fraction of sp³-hybridized carbons (Fsp3) is 0.0169. The van der Waals surface area contributed by atoms with Crippen LogP contribution in [-0.2, 0) is 5.41 Å². The zero-order valence-electron chi connectivity index (χ0n) is 33.3. The van der Waals surface area contributed by atoms with Crippen molar-refractivity contribution in [2.45, 2.75) is 5.41 Å².